The maximum absolute atomic E-state index is 13.1. The van der Waals surface area contributed by atoms with Gasteiger partial charge < -0.3 is 4.90 Å². The monoisotopic (exact) mass is 342 g/mol. The Hall–Kier alpha value is -2.76. The molecule has 6 heteroatoms. The smallest absolute Gasteiger partial charge is 0.269 e. The van der Waals surface area contributed by atoms with Crippen LogP contribution in [0.3, 0.4) is 0 Å². The van der Waals surface area contributed by atoms with Crippen LogP contribution in [0, 0.1) is 15.9 Å². The molecule has 0 aliphatic carbocycles. The summed E-state index contributed by atoms with van der Waals surface area (Å²) in [5, 5.41) is 10.8. The summed E-state index contributed by atoms with van der Waals surface area (Å²) in [4.78, 5) is 24.8. The summed E-state index contributed by atoms with van der Waals surface area (Å²) in [5.74, 6) is -0.261. The Morgan fingerprint density at radius 3 is 2.72 bits per heavy atom. The van der Waals surface area contributed by atoms with E-state index in [1.165, 1.54) is 24.3 Å². The maximum atomic E-state index is 13.1. The highest BCUT2D eigenvalue weighted by atomic mass is 19.1. The maximum Gasteiger partial charge on any atom is 0.269 e. The number of nitro groups is 1. The second-order valence-electron chi connectivity index (χ2n) is 6.22. The SMILES string of the molecule is O=C(CCc1cccc([N+](=O)[O-])c1)N1CCCC1c1ccc(F)cc1. The van der Waals surface area contributed by atoms with E-state index in [2.05, 4.69) is 0 Å². The van der Waals surface area contributed by atoms with Crippen LogP contribution < -0.4 is 0 Å². The van der Waals surface area contributed by atoms with Gasteiger partial charge in [-0.2, -0.15) is 0 Å². The average molecular weight is 342 g/mol. The van der Waals surface area contributed by atoms with Crippen molar-refractivity contribution in [3.63, 3.8) is 0 Å². The van der Waals surface area contributed by atoms with Crippen LogP contribution in [0.4, 0.5) is 10.1 Å². The number of halogens is 1. The Bertz CT molecular complexity index is 776. The average Bonchev–Trinajstić information content (AvgIpc) is 3.10. The highest BCUT2D eigenvalue weighted by Crippen LogP contribution is 2.32. The number of non-ortho nitro benzene ring substituents is 1. The first-order valence-corrected chi connectivity index (χ1v) is 8.33. The van der Waals surface area contributed by atoms with Crippen molar-refractivity contribution in [2.24, 2.45) is 0 Å². The van der Waals surface area contributed by atoms with E-state index < -0.39 is 4.92 Å². The van der Waals surface area contributed by atoms with Crippen LogP contribution >= 0.6 is 0 Å². The molecule has 0 N–H and O–H groups in total. The molecule has 25 heavy (non-hydrogen) atoms. The van der Waals surface area contributed by atoms with Gasteiger partial charge in [0, 0.05) is 25.1 Å². The molecule has 0 saturated carbocycles. The van der Waals surface area contributed by atoms with Gasteiger partial charge in [0.25, 0.3) is 5.69 Å². The van der Waals surface area contributed by atoms with Gasteiger partial charge in [-0.3, -0.25) is 14.9 Å². The minimum Gasteiger partial charge on any atom is -0.336 e. The standard InChI is InChI=1S/C19H19FN2O3/c20-16-9-7-15(8-10-16)18-5-2-12-21(18)19(23)11-6-14-3-1-4-17(13-14)22(24)25/h1,3-4,7-10,13,18H,2,5-6,11-12H2. The van der Waals surface area contributed by atoms with Gasteiger partial charge >= 0.3 is 0 Å². The number of carbonyl (C=O) groups is 1. The number of hydrogen-bond donors (Lipinski definition) is 0. The normalized spacial score (nSPS) is 16.8. The summed E-state index contributed by atoms with van der Waals surface area (Å²) >= 11 is 0. The minimum absolute atomic E-state index is 0.0155. The van der Waals surface area contributed by atoms with Crippen LogP contribution in [0.1, 0.15) is 36.4 Å². The van der Waals surface area contributed by atoms with E-state index in [0.717, 1.165) is 24.0 Å². The van der Waals surface area contributed by atoms with Crippen molar-refractivity contribution >= 4 is 11.6 Å². The summed E-state index contributed by atoms with van der Waals surface area (Å²) in [5.41, 5.74) is 1.76. The van der Waals surface area contributed by atoms with Gasteiger partial charge in [0.2, 0.25) is 5.91 Å². The first-order valence-electron chi connectivity index (χ1n) is 8.33. The van der Waals surface area contributed by atoms with Crippen molar-refractivity contribution in [3.05, 3.63) is 75.6 Å². The molecule has 1 fully saturated rings. The molecule has 2 aromatic carbocycles. The van der Waals surface area contributed by atoms with Crippen LogP contribution in [0.5, 0.6) is 0 Å². The summed E-state index contributed by atoms with van der Waals surface area (Å²) < 4.78 is 13.1. The molecule has 2 aromatic rings. The fourth-order valence-electron chi connectivity index (χ4n) is 3.32. The lowest BCUT2D eigenvalue weighted by molar-refractivity contribution is -0.384. The molecule has 0 radical (unpaired) electrons. The summed E-state index contributed by atoms with van der Waals surface area (Å²) in [6.07, 6.45) is 2.56. The van der Waals surface area contributed by atoms with Crippen molar-refractivity contribution in [1.29, 1.82) is 0 Å². The van der Waals surface area contributed by atoms with Crippen molar-refractivity contribution in [1.82, 2.24) is 4.90 Å². The van der Waals surface area contributed by atoms with Gasteiger partial charge in [-0.05, 0) is 42.5 Å². The highest BCUT2D eigenvalue weighted by molar-refractivity contribution is 5.77. The third-order valence-corrected chi connectivity index (χ3v) is 4.58. The molecule has 1 amide bonds. The van der Waals surface area contributed by atoms with Gasteiger partial charge in [0.15, 0.2) is 0 Å². The van der Waals surface area contributed by atoms with Crippen LogP contribution in [0.2, 0.25) is 0 Å². The Morgan fingerprint density at radius 2 is 2.00 bits per heavy atom. The molecule has 130 valence electrons. The quantitative estimate of drug-likeness (QED) is 0.609. The summed E-state index contributed by atoms with van der Waals surface area (Å²) in [6, 6.07) is 12.7. The Labute approximate surface area is 145 Å². The molecule has 0 bridgehead atoms. The minimum atomic E-state index is -0.434. The zero-order valence-electron chi connectivity index (χ0n) is 13.7. The highest BCUT2D eigenvalue weighted by Gasteiger charge is 2.29. The predicted molar refractivity (Wildman–Crippen MR) is 91.5 cm³/mol. The predicted octanol–water partition coefficient (Wildman–Crippen LogP) is 4.03. The zero-order valence-corrected chi connectivity index (χ0v) is 13.7. The lowest BCUT2D eigenvalue weighted by atomic mass is 10.0. The van der Waals surface area contributed by atoms with Gasteiger partial charge in [-0.25, -0.2) is 4.39 Å². The molecule has 1 saturated heterocycles. The molecular weight excluding hydrogens is 323 g/mol. The third-order valence-electron chi connectivity index (χ3n) is 4.58. The Balaban J connectivity index is 1.65. The number of benzene rings is 2. The summed E-state index contributed by atoms with van der Waals surface area (Å²) in [6.45, 7) is 0.690. The van der Waals surface area contributed by atoms with Crippen molar-refractivity contribution in [2.45, 2.75) is 31.7 Å². The van der Waals surface area contributed by atoms with Crippen LogP contribution in [0.15, 0.2) is 48.5 Å². The van der Waals surface area contributed by atoms with E-state index in [0.29, 0.717) is 19.4 Å². The lowest BCUT2D eigenvalue weighted by Gasteiger charge is -2.25. The second kappa shape index (κ2) is 7.42. The van der Waals surface area contributed by atoms with E-state index in [4.69, 9.17) is 0 Å². The molecule has 0 spiro atoms. The largest absolute Gasteiger partial charge is 0.336 e. The Kier molecular flexibility index (Phi) is 5.07. The molecule has 3 rings (SSSR count). The number of amides is 1. The number of likely N-dealkylation sites (tertiary alicyclic amines) is 1. The molecular formula is C19H19FN2O3. The van der Waals surface area contributed by atoms with E-state index >= 15 is 0 Å². The summed E-state index contributed by atoms with van der Waals surface area (Å²) in [7, 11) is 0. The zero-order chi connectivity index (χ0) is 17.8. The first-order chi connectivity index (χ1) is 12.0. The molecule has 0 aromatic heterocycles. The number of rotatable bonds is 5. The van der Waals surface area contributed by atoms with Crippen molar-refractivity contribution in [2.75, 3.05) is 6.54 Å². The lowest BCUT2D eigenvalue weighted by Crippen LogP contribution is -2.30. The van der Waals surface area contributed by atoms with E-state index in [-0.39, 0.29) is 23.5 Å². The number of nitrogens with zero attached hydrogens (tertiary/aromatic N) is 2. The van der Waals surface area contributed by atoms with E-state index in [1.54, 1.807) is 24.3 Å². The molecule has 1 aliphatic rings. The fraction of sp³-hybridized carbons (Fsp3) is 0.316. The van der Waals surface area contributed by atoms with Crippen LogP contribution in [0.25, 0.3) is 0 Å². The van der Waals surface area contributed by atoms with Crippen LogP contribution in [-0.4, -0.2) is 22.3 Å². The van der Waals surface area contributed by atoms with E-state index in [1.807, 2.05) is 4.90 Å². The van der Waals surface area contributed by atoms with Crippen molar-refractivity contribution in [3.8, 4) is 0 Å². The fourth-order valence-corrected chi connectivity index (χ4v) is 3.32. The van der Waals surface area contributed by atoms with Gasteiger partial charge in [0.05, 0.1) is 11.0 Å². The molecule has 5 nitrogen and oxygen atoms in total. The first kappa shape index (κ1) is 17.1. The third kappa shape index (κ3) is 4.02. The number of carbonyl (C=O) groups excluding carboxylic acids is 1. The van der Waals surface area contributed by atoms with Gasteiger partial charge in [-0.15, -0.1) is 0 Å². The Morgan fingerprint density at radius 1 is 1.24 bits per heavy atom. The second-order valence-corrected chi connectivity index (χ2v) is 6.22. The van der Waals surface area contributed by atoms with Crippen LogP contribution in [-0.2, 0) is 11.2 Å². The van der Waals surface area contributed by atoms with Crippen molar-refractivity contribution < 1.29 is 14.1 Å². The molecule has 1 unspecified atom stereocenters. The topological polar surface area (TPSA) is 63.4 Å². The molecule has 1 atom stereocenters. The number of hydrogen-bond acceptors (Lipinski definition) is 3. The molecule has 1 heterocycles. The number of aryl methyl sites for hydroxylation is 1. The van der Waals surface area contributed by atoms with Gasteiger partial charge in [0.1, 0.15) is 5.82 Å². The van der Waals surface area contributed by atoms with Gasteiger partial charge in [-0.1, -0.05) is 24.3 Å². The number of nitro benzene ring substituents is 1. The van der Waals surface area contributed by atoms with E-state index in [9.17, 15) is 19.3 Å². The molecule has 1 aliphatic heterocycles.